The summed E-state index contributed by atoms with van der Waals surface area (Å²) in [6, 6.07) is 0. The van der Waals surface area contributed by atoms with Crippen LogP contribution in [-0.4, -0.2) is 41.4 Å². The lowest BCUT2D eigenvalue weighted by molar-refractivity contribution is 0.568. The van der Waals surface area contributed by atoms with Crippen LogP contribution in [0.25, 0.3) is 0 Å². The second kappa shape index (κ2) is 3.59. The minimum absolute atomic E-state index is 0.0193. The Kier molecular flexibility index (Phi) is 2.71. The highest BCUT2D eigenvalue weighted by molar-refractivity contribution is 7.89. The van der Waals surface area contributed by atoms with Gasteiger partial charge in [0.05, 0.1) is 12.3 Å². The molecule has 0 aliphatic rings. The molecule has 7 nitrogen and oxygen atoms in total. The lowest BCUT2D eigenvalue weighted by atomic mass is 10.8. The topological polar surface area (TPSA) is 89.8 Å². The van der Waals surface area contributed by atoms with Gasteiger partial charge in [-0.15, -0.1) is 5.10 Å². The maximum atomic E-state index is 10.9. The average molecular weight is 191 g/mol. The Labute approximate surface area is 69.8 Å². The number of nitrogens with one attached hydrogen (secondary N) is 1. The van der Waals surface area contributed by atoms with E-state index in [1.807, 2.05) is 0 Å². The molecule has 0 fully saturated rings. The second-order valence-corrected chi connectivity index (χ2v) is 4.14. The molecule has 1 aromatic heterocycles. The molecular formula is C4H9N5O2S. The lowest BCUT2D eigenvalue weighted by Crippen LogP contribution is -2.24. The number of aryl methyl sites for hydroxylation is 1. The van der Waals surface area contributed by atoms with E-state index in [1.54, 1.807) is 0 Å². The van der Waals surface area contributed by atoms with E-state index in [0.717, 1.165) is 0 Å². The fourth-order valence-corrected chi connectivity index (χ4v) is 1.23. The van der Waals surface area contributed by atoms with Crippen molar-refractivity contribution in [2.45, 2.75) is 6.54 Å². The van der Waals surface area contributed by atoms with Crippen molar-refractivity contribution in [2.24, 2.45) is 0 Å². The Morgan fingerprint density at radius 3 is 2.83 bits per heavy atom. The van der Waals surface area contributed by atoms with Crippen LogP contribution in [0, 0.1) is 0 Å². The van der Waals surface area contributed by atoms with Gasteiger partial charge in [0.25, 0.3) is 0 Å². The van der Waals surface area contributed by atoms with Crippen molar-refractivity contribution >= 4 is 10.0 Å². The maximum Gasteiger partial charge on any atom is 0.213 e. The van der Waals surface area contributed by atoms with Crippen molar-refractivity contribution in [1.29, 1.82) is 0 Å². The van der Waals surface area contributed by atoms with Crippen LogP contribution >= 0.6 is 0 Å². The molecule has 0 spiro atoms. The summed E-state index contributed by atoms with van der Waals surface area (Å²) in [5.41, 5.74) is 0. The first kappa shape index (κ1) is 9.07. The van der Waals surface area contributed by atoms with Crippen LogP contribution in [0.2, 0.25) is 0 Å². The summed E-state index contributed by atoms with van der Waals surface area (Å²) in [6.45, 7) is 0.260. The van der Waals surface area contributed by atoms with E-state index in [9.17, 15) is 8.42 Å². The highest BCUT2D eigenvalue weighted by atomic mass is 32.2. The molecule has 1 heterocycles. The Balaban J connectivity index is 2.47. The molecule has 0 aliphatic heterocycles. The molecule has 12 heavy (non-hydrogen) atoms. The minimum atomic E-state index is -3.16. The van der Waals surface area contributed by atoms with Gasteiger partial charge in [0.2, 0.25) is 10.0 Å². The van der Waals surface area contributed by atoms with Crippen LogP contribution in [0.1, 0.15) is 0 Å². The van der Waals surface area contributed by atoms with Crippen LogP contribution in [0.15, 0.2) is 6.33 Å². The Bertz CT molecular complexity index is 317. The number of aromatic nitrogens is 4. The van der Waals surface area contributed by atoms with Crippen LogP contribution in [0.4, 0.5) is 0 Å². The fraction of sp³-hybridized carbons (Fsp3) is 0.750. The molecule has 0 unspecified atom stereocenters. The van der Waals surface area contributed by atoms with Crippen molar-refractivity contribution in [3.05, 3.63) is 6.33 Å². The van der Waals surface area contributed by atoms with Gasteiger partial charge >= 0.3 is 0 Å². The van der Waals surface area contributed by atoms with E-state index in [1.165, 1.54) is 18.1 Å². The number of nitrogens with zero attached hydrogens (tertiary/aromatic N) is 4. The fourth-order valence-electron chi connectivity index (χ4n) is 0.598. The summed E-state index contributed by atoms with van der Waals surface area (Å²) in [6.07, 6.45) is 1.37. The van der Waals surface area contributed by atoms with Gasteiger partial charge in [0, 0.05) is 0 Å². The SMILES string of the molecule is CNS(=O)(=O)CCn1cnnn1. The van der Waals surface area contributed by atoms with Crippen LogP contribution < -0.4 is 4.72 Å². The van der Waals surface area contributed by atoms with Gasteiger partial charge in [-0.1, -0.05) is 0 Å². The lowest BCUT2D eigenvalue weighted by Gasteiger charge is -2.00. The van der Waals surface area contributed by atoms with Gasteiger partial charge in [-0.25, -0.2) is 17.8 Å². The third-order valence-corrected chi connectivity index (χ3v) is 2.63. The summed E-state index contributed by atoms with van der Waals surface area (Å²) in [5.74, 6) is -0.0193. The summed E-state index contributed by atoms with van der Waals surface area (Å²) >= 11 is 0. The maximum absolute atomic E-state index is 10.9. The van der Waals surface area contributed by atoms with E-state index in [2.05, 4.69) is 20.2 Å². The van der Waals surface area contributed by atoms with Crippen molar-refractivity contribution in [3.8, 4) is 0 Å². The van der Waals surface area contributed by atoms with Crippen LogP contribution in [0.3, 0.4) is 0 Å². The van der Waals surface area contributed by atoms with Gasteiger partial charge < -0.3 is 0 Å². The Hall–Kier alpha value is -1.02. The first-order valence-corrected chi connectivity index (χ1v) is 4.91. The summed E-state index contributed by atoms with van der Waals surface area (Å²) in [5, 5.41) is 10.2. The molecule has 0 radical (unpaired) electrons. The molecule has 68 valence electrons. The minimum Gasteiger partial charge on any atom is -0.231 e. The van der Waals surface area contributed by atoms with Gasteiger partial charge in [-0.2, -0.15) is 0 Å². The molecule has 0 aliphatic carbocycles. The number of rotatable bonds is 4. The Morgan fingerprint density at radius 2 is 2.33 bits per heavy atom. The molecule has 0 bridgehead atoms. The third-order valence-electron chi connectivity index (χ3n) is 1.29. The highest BCUT2D eigenvalue weighted by Gasteiger charge is 2.06. The first-order chi connectivity index (χ1) is 5.64. The van der Waals surface area contributed by atoms with Crippen molar-refractivity contribution in [2.75, 3.05) is 12.8 Å². The standard InChI is InChI=1S/C4H9N5O2S/c1-5-12(10,11)3-2-9-4-6-7-8-9/h4-5H,2-3H2,1H3. The van der Waals surface area contributed by atoms with Crippen LogP contribution in [0.5, 0.6) is 0 Å². The predicted molar refractivity (Wildman–Crippen MR) is 40.7 cm³/mol. The smallest absolute Gasteiger partial charge is 0.213 e. The summed E-state index contributed by atoms with van der Waals surface area (Å²) in [7, 11) is -1.79. The van der Waals surface area contributed by atoms with Gasteiger partial charge in [0.15, 0.2) is 0 Å². The van der Waals surface area contributed by atoms with Gasteiger partial charge in [0.1, 0.15) is 6.33 Å². The molecule has 0 aromatic carbocycles. The average Bonchev–Trinajstić information content (AvgIpc) is 2.53. The number of hydrogen-bond donors (Lipinski definition) is 1. The van der Waals surface area contributed by atoms with Gasteiger partial charge in [-0.05, 0) is 17.5 Å². The van der Waals surface area contributed by atoms with E-state index in [0.29, 0.717) is 0 Å². The van der Waals surface area contributed by atoms with Crippen LogP contribution in [-0.2, 0) is 16.6 Å². The van der Waals surface area contributed by atoms with Crippen molar-refractivity contribution in [3.63, 3.8) is 0 Å². The zero-order valence-electron chi connectivity index (χ0n) is 6.51. The summed E-state index contributed by atoms with van der Waals surface area (Å²) in [4.78, 5) is 0. The molecule has 8 heteroatoms. The second-order valence-electron chi connectivity index (χ2n) is 2.10. The molecule has 1 aromatic rings. The molecule has 0 atom stereocenters. The monoisotopic (exact) mass is 191 g/mol. The number of sulfonamides is 1. The largest absolute Gasteiger partial charge is 0.231 e. The van der Waals surface area contributed by atoms with E-state index < -0.39 is 10.0 Å². The number of hydrogen-bond acceptors (Lipinski definition) is 5. The molecule has 0 saturated carbocycles. The highest BCUT2D eigenvalue weighted by Crippen LogP contribution is 1.85. The van der Waals surface area contributed by atoms with Crippen molar-refractivity contribution in [1.82, 2.24) is 24.9 Å². The Morgan fingerprint density at radius 1 is 1.58 bits per heavy atom. The number of tetrazole rings is 1. The van der Waals surface area contributed by atoms with E-state index in [-0.39, 0.29) is 12.3 Å². The molecule has 0 saturated heterocycles. The zero-order valence-corrected chi connectivity index (χ0v) is 7.32. The van der Waals surface area contributed by atoms with E-state index >= 15 is 0 Å². The molecule has 1 N–H and O–H groups in total. The summed E-state index contributed by atoms with van der Waals surface area (Å²) < 4.78 is 25.4. The van der Waals surface area contributed by atoms with Crippen molar-refractivity contribution < 1.29 is 8.42 Å². The van der Waals surface area contributed by atoms with Gasteiger partial charge in [-0.3, -0.25) is 0 Å². The van der Waals surface area contributed by atoms with E-state index in [4.69, 9.17) is 0 Å². The zero-order chi connectivity index (χ0) is 9.03. The molecular weight excluding hydrogens is 182 g/mol. The molecule has 0 amide bonds. The normalized spacial score (nSPS) is 11.8. The third kappa shape index (κ3) is 2.55. The predicted octanol–water partition coefficient (Wildman–Crippen LogP) is -1.78. The quantitative estimate of drug-likeness (QED) is 0.607. The first-order valence-electron chi connectivity index (χ1n) is 3.26. The molecule has 1 rings (SSSR count).